The van der Waals surface area contributed by atoms with Crippen molar-refractivity contribution < 1.29 is 23.7 Å². The minimum atomic E-state index is -0.294. The normalized spacial score (nSPS) is 19.2. The lowest BCUT2D eigenvalue weighted by molar-refractivity contribution is -0.152. The number of hydrogen-bond donors (Lipinski definition) is 0. The number of benzene rings is 1. The topological polar surface area (TPSA) is 54.0 Å². The summed E-state index contributed by atoms with van der Waals surface area (Å²) in [6.07, 6.45) is 15.9. The maximum Gasteiger partial charge on any atom is 0.306 e. The molecule has 1 saturated carbocycles. The fourth-order valence-electron chi connectivity index (χ4n) is 4.50. The SMILES string of the molecule is CCCCCCCCCCCC(=O)OC1CCCCC1c1ccc(OCOC(C)OC)cc1. The van der Waals surface area contributed by atoms with Crippen molar-refractivity contribution in [2.75, 3.05) is 13.9 Å². The third kappa shape index (κ3) is 11.4. The van der Waals surface area contributed by atoms with Gasteiger partial charge in [-0.3, -0.25) is 4.79 Å². The van der Waals surface area contributed by atoms with Crippen molar-refractivity contribution in [2.45, 2.75) is 122 Å². The summed E-state index contributed by atoms with van der Waals surface area (Å²) in [4.78, 5) is 12.5. The maximum atomic E-state index is 12.5. The quantitative estimate of drug-likeness (QED) is 0.136. The van der Waals surface area contributed by atoms with Crippen molar-refractivity contribution in [2.24, 2.45) is 0 Å². The van der Waals surface area contributed by atoms with E-state index in [2.05, 4.69) is 19.1 Å². The summed E-state index contributed by atoms with van der Waals surface area (Å²) >= 11 is 0. The lowest BCUT2D eigenvalue weighted by Gasteiger charge is -2.31. The number of carbonyl (C=O) groups is 1. The molecule has 0 radical (unpaired) electrons. The Morgan fingerprint density at radius 1 is 0.939 bits per heavy atom. The van der Waals surface area contributed by atoms with E-state index in [0.717, 1.165) is 37.9 Å². The molecule has 3 atom stereocenters. The van der Waals surface area contributed by atoms with Gasteiger partial charge in [-0.1, -0.05) is 76.8 Å². The van der Waals surface area contributed by atoms with Crippen LogP contribution < -0.4 is 4.74 Å². The van der Waals surface area contributed by atoms with Gasteiger partial charge in [0.15, 0.2) is 13.1 Å². The molecule has 1 aliphatic rings. The predicted molar refractivity (Wildman–Crippen MR) is 132 cm³/mol. The minimum Gasteiger partial charge on any atom is -0.467 e. The van der Waals surface area contributed by atoms with Crippen LogP contribution in [-0.4, -0.2) is 32.3 Å². The Morgan fingerprint density at radius 3 is 2.24 bits per heavy atom. The molecule has 0 bridgehead atoms. The highest BCUT2D eigenvalue weighted by molar-refractivity contribution is 5.69. The smallest absolute Gasteiger partial charge is 0.306 e. The van der Waals surface area contributed by atoms with Crippen molar-refractivity contribution in [3.05, 3.63) is 29.8 Å². The van der Waals surface area contributed by atoms with Crippen LogP contribution in [0.5, 0.6) is 5.75 Å². The first-order valence-corrected chi connectivity index (χ1v) is 13.2. The largest absolute Gasteiger partial charge is 0.467 e. The molecule has 1 fully saturated rings. The van der Waals surface area contributed by atoms with Crippen molar-refractivity contribution in [3.8, 4) is 5.75 Å². The molecule has 5 heteroatoms. The van der Waals surface area contributed by atoms with E-state index in [-0.39, 0.29) is 31.1 Å². The third-order valence-corrected chi connectivity index (χ3v) is 6.64. The van der Waals surface area contributed by atoms with E-state index < -0.39 is 0 Å². The Balaban J connectivity index is 1.69. The number of ether oxygens (including phenoxy) is 4. The molecule has 1 aliphatic carbocycles. The average molecular weight is 463 g/mol. The standard InChI is InChI=1S/C28H46O5/c1-4-5-6-7-8-9-10-11-12-17-28(29)33-27-16-14-13-15-26(27)24-18-20-25(21-19-24)32-22-31-23(2)30-3/h18-21,23,26-27H,4-17,22H2,1-3H3. The van der Waals surface area contributed by atoms with Crippen LogP contribution >= 0.6 is 0 Å². The van der Waals surface area contributed by atoms with Gasteiger partial charge in [-0.25, -0.2) is 0 Å². The first kappa shape index (κ1) is 27.7. The van der Waals surface area contributed by atoms with Crippen molar-refractivity contribution >= 4 is 5.97 Å². The van der Waals surface area contributed by atoms with E-state index in [0.29, 0.717) is 6.42 Å². The van der Waals surface area contributed by atoms with E-state index in [1.807, 2.05) is 19.1 Å². The molecule has 0 saturated heterocycles. The summed E-state index contributed by atoms with van der Waals surface area (Å²) in [5, 5.41) is 0. The Bertz CT molecular complexity index is 630. The molecule has 0 spiro atoms. The van der Waals surface area contributed by atoms with Gasteiger partial charge < -0.3 is 18.9 Å². The second-order valence-corrected chi connectivity index (χ2v) is 9.30. The van der Waals surface area contributed by atoms with Crippen molar-refractivity contribution in [1.29, 1.82) is 0 Å². The van der Waals surface area contributed by atoms with Crippen molar-refractivity contribution in [3.63, 3.8) is 0 Å². The summed E-state index contributed by atoms with van der Waals surface area (Å²) in [6, 6.07) is 8.11. The van der Waals surface area contributed by atoms with E-state index in [1.54, 1.807) is 7.11 Å². The minimum absolute atomic E-state index is 0.0116. The number of unbranched alkanes of at least 4 members (excludes halogenated alkanes) is 8. The number of esters is 1. The van der Waals surface area contributed by atoms with Gasteiger partial charge >= 0.3 is 5.97 Å². The molecule has 0 amide bonds. The Kier molecular flexibility index (Phi) is 14.2. The van der Waals surface area contributed by atoms with Crippen LogP contribution in [0.2, 0.25) is 0 Å². The average Bonchev–Trinajstić information content (AvgIpc) is 2.83. The molecule has 0 aliphatic heterocycles. The van der Waals surface area contributed by atoms with Crippen LogP contribution in [0.25, 0.3) is 0 Å². The molecular formula is C28H46O5. The van der Waals surface area contributed by atoms with Crippen LogP contribution in [-0.2, 0) is 19.0 Å². The van der Waals surface area contributed by atoms with E-state index in [1.165, 1.54) is 56.9 Å². The van der Waals surface area contributed by atoms with Gasteiger partial charge in [-0.15, -0.1) is 0 Å². The molecule has 1 aromatic carbocycles. The predicted octanol–water partition coefficient (Wildman–Crippen LogP) is 7.52. The zero-order valence-electron chi connectivity index (χ0n) is 21.2. The highest BCUT2D eigenvalue weighted by Gasteiger charge is 2.29. The Hall–Kier alpha value is -1.59. The first-order chi connectivity index (χ1) is 16.1. The first-order valence-electron chi connectivity index (χ1n) is 13.2. The zero-order chi connectivity index (χ0) is 23.7. The van der Waals surface area contributed by atoms with Gasteiger partial charge in [0, 0.05) is 19.4 Å². The lowest BCUT2D eigenvalue weighted by Crippen LogP contribution is -2.28. The Morgan fingerprint density at radius 2 is 1.58 bits per heavy atom. The van der Waals surface area contributed by atoms with Gasteiger partial charge in [-0.05, 0) is 50.3 Å². The van der Waals surface area contributed by atoms with Gasteiger partial charge in [0.25, 0.3) is 0 Å². The van der Waals surface area contributed by atoms with E-state index in [9.17, 15) is 4.79 Å². The number of rotatable bonds is 17. The maximum absolute atomic E-state index is 12.5. The molecule has 3 unspecified atom stereocenters. The van der Waals surface area contributed by atoms with Gasteiger partial charge in [0.1, 0.15) is 11.9 Å². The van der Waals surface area contributed by atoms with Crippen LogP contribution in [0.1, 0.15) is 115 Å². The van der Waals surface area contributed by atoms with Crippen LogP contribution in [0.3, 0.4) is 0 Å². The molecule has 5 nitrogen and oxygen atoms in total. The molecule has 188 valence electrons. The molecular weight excluding hydrogens is 416 g/mol. The summed E-state index contributed by atoms with van der Waals surface area (Å²) in [5.74, 6) is 1.00. The van der Waals surface area contributed by atoms with E-state index in [4.69, 9.17) is 18.9 Å². The van der Waals surface area contributed by atoms with Crippen LogP contribution in [0, 0.1) is 0 Å². The monoisotopic (exact) mass is 462 g/mol. The van der Waals surface area contributed by atoms with Crippen molar-refractivity contribution in [1.82, 2.24) is 0 Å². The second-order valence-electron chi connectivity index (χ2n) is 9.30. The van der Waals surface area contributed by atoms with Gasteiger partial charge in [0.05, 0.1) is 0 Å². The molecule has 2 rings (SSSR count). The number of methoxy groups -OCH3 is 1. The summed E-state index contributed by atoms with van der Waals surface area (Å²) in [5.41, 5.74) is 1.22. The highest BCUT2D eigenvalue weighted by atomic mass is 16.7. The molecule has 0 N–H and O–H groups in total. The summed E-state index contributed by atoms with van der Waals surface area (Å²) < 4.78 is 22.0. The third-order valence-electron chi connectivity index (χ3n) is 6.64. The number of carbonyl (C=O) groups excluding carboxylic acids is 1. The van der Waals surface area contributed by atoms with Gasteiger partial charge in [0.2, 0.25) is 0 Å². The molecule has 0 aromatic heterocycles. The molecule has 0 heterocycles. The summed E-state index contributed by atoms with van der Waals surface area (Å²) in [6.45, 7) is 4.23. The highest BCUT2D eigenvalue weighted by Crippen LogP contribution is 2.36. The van der Waals surface area contributed by atoms with Crippen LogP contribution in [0.4, 0.5) is 0 Å². The fraction of sp³-hybridized carbons (Fsp3) is 0.750. The van der Waals surface area contributed by atoms with Gasteiger partial charge in [-0.2, -0.15) is 0 Å². The molecule has 1 aromatic rings. The summed E-state index contributed by atoms with van der Waals surface area (Å²) in [7, 11) is 1.60. The zero-order valence-corrected chi connectivity index (χ0v) is 21.2. The second kappa shape index (κ2) is 16.9. The fourth-order valence-corrected chi connectivity index (χ4v) is 4.50. The van der Waals surface area contributed by atoms with Crippen LogP contribution in [0.15, 0.2) is 24.3 Å². The van der Waals surface area contributed by atoms with E-state index >= 15 is 0 Å². The lowest BCUT2D eigenvalue weighted by atomic mass is 9.81. The number of hydrogen-bond acceptors (Lipinski definition) is 5. The Labute approximate surface area is 201 Å². The molecule has 33 heavy (non-hydrogen) atoms.